The van der Waals surface area contributed by atoms with Crippen molar-refractivity contribution in [1.82, 2.24) is 19.9 Å². The molecule has 1 aromatic carbocycles. The van der Waals surface area contributed by atoms with E-state index in [-0.39, 0.29) is 0 Å². The second kappa shape index (κ2) is 7.57. The lowest BCUT2D eigenvalue weighted by molar-refractivity contribution is 0.301. The van der Waals surface area contributed by atoms with Crippen LogP contribution >= 0.6 is 0 Å². The molecule has 0 atom stereocenters. The van der Waals surface area contributed by atoms with E-state index in [1.54, 1.807) is 18.6 Å². The summed E-state index contributed by atoms with van der Waals surface area (Å²) >= 11 is 0. The molecular weight excluding hydrogens is 326 g/mol. The number of pyridine rings is 2. The fourth-order valence-corrected chi connectivity index (χ4v) is 2.53. The van der Waals surface area contributed by atoms with Crippen LogP contribution in [0.4, 0.5) is 5.82 Å². The van der Waals surface area contributed by atoms with Crippen molar-refractivity contribution in [2.24, 2.45) is 0 Å². The number of ether oxygens (including phenoxy) is 1. The second-order valence-electron chi connectivity index (χ2n) is 5.71. The number of nitrogens with one attached hydrogen (secondary N) is 1. The van der Waals surface area contributed by atoms with Crippen molar-refractivity contribution in [2.45, 2.75) is 13.2 Å². The molecule has 6 heteroatoms. The SMILES string of the molecule is c1ccc(COc2cccc(CNc3ccc4nccnc4n3)c2)nc1. The molecule has 26 heavy (non-hydrogen) atoms. The Labute approximate surface area is 150 Å². The van der Waals surface area contributed by atoms with Gasteiger partial charge in [0.05, 0.1) is 5.69 Å². The molecule has 128 valence electrons. The fraction of sp³-hybridized carbons (Fsp3) is 0.100. The van der Waals surface area contributed by atoms with Gasteiger partial charge < -0.3 is 10.1 Å². The molecular formula is C20H17N5O. The molecule has 0 saturated heterocycles. The van der Waals surface area contributed by atoms with Crippen molar-refractivity contribution >= 4 is 17.0 Å². The van der Waals surface area contributed by atoms with Crippen LogP contribution in [0.25, 0.3) is 11.2 Å². The zero-order chi connectivity index (χ0) is 17.6. The predicted octanol–water partition coefficient (Wildman–Crippen LogP) is 3.61. The molecule has 0 amide bonds. The van der Waals surface area contributed by atoms with E-state index >= 15 is 0 Å². The molecule has 4 rings (SSSR count). The van der Waals surface area contributed by atoms with Crippen molar-refractivity contribution in [1.29, 1.82) is 0 Å². The number of aromatic nitrogens is 4. The molecule has 0 unspecified atom stereocenters. The van der Waals surface area contributed by atoms with Gasteiger partial charge in [-0.05, 0) is 42.0 Å². The maximum absolute atomic E-state index is 5.82. The number of hydrogen-bond donors (Lipinski definition) is 1. The standard InChI is InChI=1S/C20H17N5O/c1-2-9-21-16(5-1)14-26-17-6-3-4-15(12-17)13-24-19-8-7-18-20(25-19)23-11-10-22-18/h1-12H,13-14H2,(H,23,24,25). The molecule has 0 fully saturated rings. The largest absolute Gasteiger partial charge is 0.487 e. The van der Waals surface area contributed by atoms with Gasteiger partial charge in [-0.3, -0.25) is 9.97 Å². The van der Waals surface area contributed by atoms with Crippen LogP contribution in [0.3, 0.4) is 0 Å². The average molecular weight is 343 g/mol. The Balaban J connectivity index is 1.40. The zero-order valence-corrected chi connectivity index (χ0v) is 14.0. The second-order valence-corrected chi connectivity index (χ2v) is 5.71. The van der Waals surface area contributed by atoms with Crippen molar-refractivity contribution in [3.63, 3.8) is 0 Å². The van der Waals surface area contributed by atoms with Gasteiger partial charge >= 0.3 is 0 Å². The van der Waals surface area contributed by atoms with Gasteiger partial charge in [0, 0.05) is 25.1 Å². The van der Waals surface area contributed by atoms with Crippen molar-refractivity contribution in [2.75, 3.05) is 5.32 Å². The van der Waals surface area contributed by atoms with Crippen molar-refractivity contribution < 1.29 is 4.74 Å². The lowest BCUT2D eigenvalue weighted by atomic mass is 10.2. The molecule has 4 aromatic rings. The summed E-state index contributed by atoms with van der Waals surface area (Å²) in [4.78, 5) is 17.2. The summed E-state index contributed by atoms with van der Waals surface area (Å²) in [7, 11) is 0. The Kier molecular flexibility index (Phi) is 4.64. The molecule has 6 nitrogen and oxygen atoms in total. The third-order valence-electron chi connectivity index (χ3n) is 3.82. The Morgan fingerprint density at radius 1 is 0.846 bits per heavy atom. The van der Waals surface area contributed by atoms with E-state index in [0.717, 1.165) is 28.3 Å². The molecule has 3 heterocycles. The van der Waals surface area contributed by atoms with E-state index < -0.39 is 0 Å². The molecule has 0 bridgehead atoms. The average Bonchev–Trinajstić information content (AvgIpc) is 2.72. The lowest BCUT2D eigenvalue weighted by Gasteiger charge is -2.09. The van der Waals surface area contributed by atoms with Crippen LogP contribution in [0.1, 0.15) is 11.3 Å². The third-order valence-corrected chi connectivity index (χ3v) is 3.82. The number of anilines is 1. The quantitative estimate of drug-likeness (QED) is 0.576. The number of rotatable bonds is 6. The minimum absolute atomic E-state index is 0.447. The number of hydrogen-bond acceptors (Lipinski definition) is 6. The van der Waals surface area contributed by atoms with E-state index in [2.05, 4.69) is 25.3 Å². The van der Waals surface area contributed by atoms with Gasteiger partial charge in [-0.2, -0.15) is 0 Å². The molecule has 0 aliphatic rings. The fourth-order valence-electron chi connectivity index (χ4n) is 2.53. The van der Waals surface area contributed by atoms with E-state index in [4.69, 9.17) is 4.74 Å². The van der Waals surface area contributed by atoms with Crippen LogP contribution < -0.4 is 10.1 Å². The third kappa shape index (κ3) is 3.92. The smallest absolute Gasteiger partial charge is 0.180 e. The van der Waals surface area contributed by atoms with E-state index in [9.17, 15) is 0 Å². The Bertz CT molecular complexity index is 1010. The highest BCUT2D eigenvalue weighted by molar-refractivity contribution is 5.71. The maximum atomic E-state index is 5.82. The number of benzene rings is 1. The molecule has 1 N–H and O–H groups in total. The van der Waals surface area contributed by atoms with Crippen LogP contribution in [0.5, 0.6) is 5.75 Å². The number of fused-ring (bicyclic) bond motifs is 1. The minimum atomic E-state index is 0.447. The van der Waals surface area contributed by atoms with Gasteiger partial charge in [0.25, 0.3) is 0 Å². The first kappa shape index (κ1) is 16.0. The van der Waals surface area contributed by atoms with Crippen molar-refractivity contribution in [3.05, 3.63) is 84.4 Å². The summed E-state index contributed by atoms with van der Waals surface area (Å²) in [6, 6.07) is 17.6. The number of nitrogens with zero attached hydrogens (tertiary/aromatic N) is 4. The lowest BCUT2D eigenvalue weighted by Crippen LogP contribution is -2.03. The first-order valence-corrected chi connectivity index (χ1v) is 8.30. The van der Waals surface area contributed by atoms with Gasteiger partial charge in [-0.25, -0.2) is 9.97 Å². The summed E-state index contributed by atoms with van der Waals surface area (Å²) < 4.78 is 5.82. The topological polar surface area (TPSA) is 72.8 Å². The maximum Gasteiger partial charge on any atom is 0.180 e. The van der Waals surface area contributed by atoms with Crippen LogP contribution in [-0.2, 0) is 13.2 Å². The summed E-state index contributed by atoms with van der Waals surface area (Å²) in [5.41, 5.74) is 3.41. The first-order chi connectivity index (χ1) is 12.9. The summed E-state index contributed by atoms with van der Waals surface area (Å²) in [5, 5.41) is 3.31. The van der Waals surface area contributed by atoms with Crippen LogP contribution in [0, 0.1) is 0 Å². The molecule has 0 radical (unpaired) electrons. The normalized spacial score (nSPS) is 10.6. The predicted molar refractivity (Wildman–Crippen MR) is 99.7 cm³/mol. The highest BCUT2D eigenvalue weighted by atomic mass is 16.5. The van der Waals surface area contributed by atoms with E-state index in [0.29, 0.717) is 18.8 Å². The Morgan fingerprint density at radius 2 is 1.81 bits per heavy atom. The molecule has 3 aromatic heterocycles. The van der Waals surface area contributed by atoms with Gasteiger partial charge in [-0.15, -0.1) is 0 Å². The monoisotopic (exact) mass is 343 g/mol. The van der Waals surface area contributed by atoms with Gasteiger partial charge in [0.1, 0.15) is 23.7 Å². The molecule has 0 aliphatic heterocycles. The molecule has 0 saturated carbocycles. The summed E-state index contributed by atoms with van der Waals surface area (Å²) in [6.45, 7) is 1.09. The van der Waals surface area contributed by atoms with Crippen molar-refractivity contribution in [3.8, 4) is 5.75 Å². The molecule has 0 aliphatic carbocycles. The van der Waals surface area contributed by atoms with Crippen LogP contribution in [0.15, 0.2) is 73.2 Å². The Hall–Kier alpha value is -3.54. The zero-order valence-electron chi connectivity index (χ0n) is 14.0. The van der Waals surface area contributed by atoms with Gasteiger partial charge in [0.15, 0.2) is 5.65 Å². The van der Waals surface area contributed by atoms with Gasteiger partial charge in [-0.1, -0.05) is 18.2 Å². The van der Waals surface area contributed by atoms with Gasteiger partial charge in [0.2, 0.25) is 0 Å². The highest BCUT2D eigenvalue weighted by Gasteiger charge is 2.02. The summed E-state index contributed by atoms with van der Waals surface area (Å²) in [6.07, 6.45) is 5.06. The van der Waals surface area contributed by atoms with Crippen LogP contribution in [0.2, 0.25) is 0 Å². The van der Waals surface area contributed by atoms with E-state index in [1.807, 2.05) is 54.6 Å². The highest BCUT2D eigenvalue weighted by Crippen LogP contribution is 2.16. The summed E-state index contributed by atoms with van der Waals surface area (Å²) in [5.74, 6) is 1.57. The Morgan fingerprint density at radius 3 is 2.73 bits per heavy atom. The molecule has 0 spiro atoms. The minimum Gasteiger partial charge on any atom is -0.487 e. The first-order valence-electron chi connectivity index (χ1n) is 8.30. The van der Waals surface area contributed by atoms with E-state index in [1.165, 1.54) is 0 Å². The van der Waals surface area contributed by atoms with Crippen LogP contribution in [-0.4, -0.2) is 19.9 Å².